The van der Waals surface area contributed by atoms with Crippen molar-refractivity contribution in [2.45, 2.75) is 41.0 Å². The second-order valence-corrected chi connectivity index (χ2v) is 9.10. The number of carbonyl (C=O) groups excluding carboxylic acids is 3. The Hall–Kier alpha value is -2.59. The van der Waals surface area contributed by atoms with E-state index < -0.39 is 22.4 Å². The molecule has 0 unspecified atom stereocenters. The molecule has 0 amide bonds. The van der Waals surface area contributed by atoms with E-state index in [-0.39, 0.29) is 16.9 Å². The van der Waals surface area contributed by atoms with Gasteiger partial charge < -0.3 is 0 Å². The van der Waals surface area contributed by atoms with Crippen LogP contribution in [0.25, 0.3) is 16.7 Å². The van der Waals surface area contributed by atoms with Gasteiger partial charge in [0.05, 0.1) is 10.8 Å². The van der Waals surface area contributed by atoms with E-state index in [1.54, 1.807) is 39.8 Å². The SMILES string of the molecule is CCc1ccc(-c2cc(Cl)ccc2F)cc1C1=C(C=O)C(C)(C)C(=O)C(C)(C)C1=O. The zero-order chi connectivity index (χ0) is 22.4. The van der Waals surface area contributed by atoms with Gasteiger partial charge in [0.25, 0.3) is 0 Å². The van der Waals surface area contributed by atoms with Crippen molar-refractivity contribution in [1.82, 2.24) is 0 Å². The number of halogens is 2. The molecule has 2 aromatic carbocycles. The normalized spacial score (nSPS) is 18.0. The first-order chi connectivity index (χ1) is 14.0. The lowest BCUT2D eigenvalue weighted by Gasteiger charge is -2.39. The van der Waals surface area contributed by atoms with Gasteiger partial charge in [-0.05, 0) is 75.1 Å². The van der Waals surface area contributed by atoms with Gasteiger partial charge >= 0.3 is 0 Å². The summed E-state index contributed by atoms with van der Waals surface area (Å²) >= 11 is 6.06. The van der Waals surface area contributed by atoms with Crippen molar-refractivity contribution >= 4 is 35.0 Å². The van der Waals surface area contributed by atoms with Gasteiger partial charge in [-0.15, -0.1) is 0 Å². The highest BCUT2D eigenvalue weighted by atomic mass is 35.5. The average Bonchev–Trinajstić information content (AvgIpc) is 2.71. The van der Waals surface area contributed by atoms with Gasteiger partial charge in [0, 0.05) is 21.7 Å². The molecule has 30 heavy (non-hydrogen) atoms. The van der Waals surface area contributed by atoms with Gasteiger partial charge in [-0.25, -0.2) is 4.39 Å². The predicted molar refractivity (Wildman–Crippen MR) is 117 cm³/mol. The minimum absolute atomic E-state index is 0.162. The van der Waals surface area contributed by atoms with E-state index in [1.165, 1.54) is 18.2 Å². The molecule has 3 nitrogen and oxygen atoms in total. The number of Topliss-reactive ketones (excluding diaryl/α,β-unsaturated/α-hetero) is 2. The molecule has 0 spiro atoms. The maximum atomic E-state index is 14.5. The Morgan fingerprint density at radius 1 is 0.967 bits per heavy atom. The van der Waals surface area contributed by atoms with Gasteiger partial charge in [-0.3, -0.25) is 14.4 Å². The Balaban J connectivity index is 2.37. The molecule has 0 radical (unpaired) electrons. The van der Waals surface area contributed by atoms with Crippen LogP contribution in [-0.4, -0.2) is 17.9 Å². The highest BCUT2D eigenvalue weighted by Crippen LogP contribution is 2.47. The van der Waals surface area contributed by atoms with Crippen molar-refractivity contribution in [3.8, 4) is 11.1 Å². The molecule has 156 valence electrons. The largest absolute Gasteiger partial charge is 0.298 e. The average molecular weight is 427 g/mol. The molecule has 1 aliphatic carbocycles. The number of ketones is 2. The highest BCUT2D eigenvalue weighted by Gasteiger charge is 2.52. The van der Waals surface area contributed by atoms with Crippen molar-refractivity contribution in [1.29, 1.82) is 0 Å². The fourth-order valence-corrected chi connectivity index (χ4v) is 4.40. The number of allylic oxidation sites excluding steroid dienone is 2. The number of hydrogen-bond acceptors (Lipinski definition) is 3. The second-order valence-electron chi connectivity index (χ2n) is 8.66. The number of benzene rings is 2. The van der Waals surface area contributed by atoms with Gasteiger partial charge in [-0.1, -0.05) is 30.7 Å². The van der Waals surface area contributed by atoms with Crippen molar-refractivity contribution in [2.75, 3.05) is 0 Å². The smallest absolute Gasteiger partial charge is 0.176 e. The van der Waals surface area contributed by atoms with Crippen LogP contribution < -0.4 is 0 Å². The molecule has 0 saturated heterocycles. The summed E-state index contributed by atoms with van der Waals surface area (Å²) in [6.45, 7) is 8.45. The number of carbonyl (C=O) groups is 3. The lowest BCUT2D eigenvalue weighted by Crippen LogP contribution is -2.48. The third kappa shape index (κ3) is 3.33. The van der Waals surface area contributed by atoms with Gasteiger partial charge in [0.15, 0.2) is 11.6 Å². The Morgan fingerprint density at radius 3 is 2.23 bits per heavy atom. The number of aldehydes is 1. The minimum atomic E-state index is -1.27. The van der Waals surface area contributed by atoms with E-state index in [0.717, 1.165) is 5.56 Å². The molecule has 2 aromatic rings. The maximum Gasteiger partial charge on any atom is 0.176 e. The summed E-state index contributed by atoms with van der Waals surface area (Å²) in [6, 6.07) is 9.59. The lowest BCUT2D eigenvalue weighted by molar-refractivity contribution is -0.142. The quantitative estimate of drug-likeness (QED) is 0.454. The molecule has 1 aliphatic rings. The number of rotatable bonds is 4. The summed E-state index contributed by atoms with van der Waals surface area (Å²) in [5.74, 6) is -1.13. The van der Waals surface area contributed by atoms with Crippen LogP contribution in [0.1, 0.15) is 45.7 Å². The molecule has 0 heterocycles. The van der Waals surface area contributed by atoms with Crippen LogP contribution in [0.2, 0.25) is 5.02 Å². The van der Waals surface area contributed by atoms with Crippen LogP contribution in [0.4, 0.5) is 4.39 Å². The Bertz CT molecular complexity index is 1110. The first kappa shape index (κ1) is 22.1. The van der Waals surface area contributed by atoms with Crippen LogP contribution in [-0.2, 0) is 20.8 Å². The molecular weight excluding hydrogens is 403 g/mol. The Morgan fingerprint density at radius 2 is 1.63 bits per heavy atom. The predicted octanol–water partition coefficient (Wildman–Crippen LogP) is 5.87. The summed E-state index contributed by atoms with van der Waals surface area (Å²) < 4.78 is 14.5. The van der Waals surface area contributed by atoms with E-state index in [4.69, 9.17) is 11.6 Å². The van der Waals surface area contributed by atoms with Crippen LogP contribution in [0.3, 0.4) is 0 Å². The van der Waals surface area contributed by atoms with Crippen LogP contribution in [0.15, 0.2) is 42.0 Å². The molecule has 3 rings (SSSR count). The minimum Gasteiger partial charge on any atom is -0.298 e. The van der Waals surface area contributed by atoms with Crippen LogP contribution in [0.5, 0.6) is 0 Å². The summed E-state index contributed by atoms with van der Waals surface area (Å²) in [7, 11) is 0. The topological polar surface area (TPSA) is 51.2 Å². The molecule has 0 fully saturated rings. The Kier molecular flexibility index (Phi) is 5.59. The summed E-state index contributed by atoms with van der Waals surface area (Å²) in [6.07, 6.45) is 1.21. The van der Waals surface area contributed by atoms with E-state index in [2.05, 4.69) is 0 Å². The number of aryl methyl sites for hydroxylation is 1. The fraction of sp³-hybridized carbons (Fsp3) is 0.320. The first-order valence-electron chi connectivity index (χ1n) is 9.85. The van der Waals surface area contributed by atoms with E-state index in [1.807, 2.05) is 13.0 Å². The van der Waals surface area contributed by atoms with Gasteiger partial charge in [0.1, 0.15) is 12.1 Å². The standard InChI is InChI=1S/C25H24ClFO3/c1-6-14-7-8-15(17-12-16(26)9-10-20(17)27)11-18(14)21-19(13-28)24(2,3)23(30)25(4,5)22(21)29/h7-13H,6H2,1-5H3. The van der Waals surface area contributed by atoms with Crippen LogP contribution in [0, 0.1) is 16.6 Å². The maximum absolute atomic E-state index is 14.5. The van der Waals surface area contributed by atoms with Crippen molar-refractivity contribution < 1.29 is 18.8 Å². The van der Waals surface area contributed by atoms with Crippen molar-refractivity contribution in [3.63, 3.8) is 0 Å². The molecule has 0 aromatic heterocycles. The summed E-state index contributed by atoms with van der Waals surface area (Å²) in [5.41, 5.74) is 0.249. The van der Waals surface area contributed by atoms with Crippen molar-refractivity contribution in [3.05, 3.63) is 63.9 Å². The van der Waals surface area contributed by atoms with Crippen LogP contribution >= 0.6 is 11.6 Å². The molecular formula is C25H24ClFO3. The number of hydrogen-bond donors (Lipinski definition) is 0. The monoisotopic (exact) mass is 426 g/mol. The summed E-state index contributed by atoms with van der Waals surface area (Å²) in [4.78, 5) is 38.5. The van der Waals surface area contributed by atoms with E-state index in [9.17, 15) is 18.8 Å². The third-order valence-corrected chi connectivity index (χ3v) is 6.23. The van der Waals surface area contributed by atoms with Gasteiger partial charge in [0.2, 0.25) is 0 Å². The molecule has 0 N–H and O–H groups in total. The summed E-state index contributed by atoms with van der Waals surface area (Å²) in [5, 5.41) is 0.391. The molecule has 0 aliphatic heterocycles. The molecule has 0 atom stereocenters. The third-order valence-electron chi connectivity index (χ3n) is 5.99. The zero-order valence-electron chi connectivity index (χ0n) is 17.7. The molecule has 0 bridgehead atoms. The zero-order valence-corrected chi connectivity index (χ0v) is 18.5. The fourth-order valence-electron chi connectivity index (χ4n) is 4.23. The molecule has 0 saturated carbocycles. The van der Waals surface area contributed by atoms with E-state index >= 15 is 0 Å². The van der Waals surface area contributed by atoms with E-state index in [0.29, 0.717) is 34.4 Å². The molecule has 5 heteroatoms. The highest BCUT2D eigenvalue weighted by molar-refractivity contribution is 6.37. The van der Waals surface area contributed by atoms with Gasteiger partial charge in [-0.2, -0.15) is 0 Å². The van der Waals surface area contributed by atoms with Crippen molar-refractivity contribution in [2.24, 2.45) is 10.8 Å². The Labute approximate surface area is 180 Å². The lowest BCUT2D eigenvalue weighted by atomic mass is 9.59. The second kappa shape index (κ2) is 7.59. The first-order valence-corrected chi connectivity index (χ1v) is 10.2.